The van der Waals surface area contributed by atoms with Crippen LogP contribution in [0, 0.1) is 24.1 Å². The van der Waals surface area contributed by atoms with E-state index in [0.29, 0.717) is 5.56 Å². The molecule has 0 spiro atoms. The molecule has 0 saturated carbocycles. The first-order chi connectivity index (χ1) is 5.66. The van der Waals surface area contributed by atoms with Crippen LogP contribution in [0.15, 0.2) is 16.6 Å². The number of benzene rings is 1. The lowest BCUT2D eigenvalue weighted by Gasteiger charge is -2.04. The molecular weight excluding hydrogens is 221 g/mol. The van der Waals surface area contributed by atoms with E-state index in [2.05, 4.69) is 15.9 Å². The minimum Gasteiger partial charge on any atom is -0.207 e. The third-order valence-electron chi connectivity index (χ3n) is 1.73. The smallest absolute Gasteiger partial charge is 0.127 e. The molecule has 0 saturated heterocycles. The van der Waals surface area contributed by atoms with Gasteiger partial charge in [0.15, 0.2) is 0 Å². The Morgan fingerprint density at radius 3 is 2.83 bits per heavy atom. The Balaban J connectivity index is 3.25. The van der Waals surface area contributed by atoms with Crippen LogP contribution in [0.5, 0.6) is 0 Å². The Kier molecular flexibility index (Phi) is 2.83. The second-order valence-electron chi connectivity index (χ2n) is 2.47. The van der Waals surface area contributed by atoms with E-state index in [1.165, 1.54) is 6.07 Å². The maximum atomic E-state index is 13.0. The zero-order chi connectivity index (χ0) is 9.14. The summed E-state index contributed by atoms with van der Waals surface area (Å²) in [5, 5.41) is 8.43. The van der Waals surface area contributed by atoms with Crippen molar-refractivity contribution in [3.8, 4) is 6.07 Å². The van der Waals surface area contributed by atoms with E-state index in [0.717, 1.165) is 10.0 Å². The van der Waals surface area contributed by atoms with Crippen molar-refractivity contribution in [3.05, 3.63) is 33.5 Å². The number of nitrogens with zero attached hydrogens (tertiary/aromatic N) is 1. The van der Waals surface area contributed by atoms with Gasteiger partial charge in [-0.3, -0.25) is 0 Å². The van der Waals surface area contributed by atoms with E-state index in [1.54, 1.807) is 13.0 Å². The minimum absolute atomic E-state index is 0.122. The third-order valence-corrected chi connectivity index (χ3v) is 2.59. The molecule has 0 atom stereocenters. The summed E-state index contributed by atoms with van der Waals surface area (Å²) in [6.45, 7) is 1.79. The second-order valence-corrected chi connectivity index (χ2v) is 3.32. The van der Waals surface area contributed by atoms with Crippen molar-refractivity contribution in [3.63, 3.8) is 0 Å². The van der Waals surface area contributed by atoms with Crippen LogP contribution < -0.4 is 0 Å². The van der Waals surface area contributed by atoms with Gasteiger partial charge in [0.05, 0.1) is 12.5 Å². The van der Waals surface area contributed by atoms with Gasteiger partial charge < -0.3 is 0 Å². The van der Waals surface area contributed by atoms with E-state index in [-0.39, 0.29) is 12.2 Å². The molecule has 0 aliphatic rings. The molecule has 0 aliphatic carbocycles. The highest BCUT2D eigenvalue weighted by molar-refractivity contribution is 9.10. The number of hydrogen-bond donors (Lipinski definition) is 0. The topological polar surface area (TPSA) is 23.8 Å². The van der Waals surface area contributed by atoms with Gasteiger partial charge in [-0.2, -0.15) is 5.26 Å². The largest absolute Gasteiger partial charge is 0.207 e. The SMILES string of the molecule is Cc1c(Br)ccc(F)c1CC#N. The van der Waals surface area contributed by atoms with Crippen molar-refractivity contribution < 1.29 is 4.39 Å². The van der Waals surface area contributed by atoms with Gasteiger partial charge in [0.1, 0.15) is 5.82 Å². The lowest BCUT2D eigenvalue weighted by Crippen LogP contribution is -1.93. The molecule has 0 aliphatic heterocycles. The van der Waals surface area contributed by atoms with Gasteiger partial charge in [0.2, 0.25) is 0 Å². The molecule has 1 nitrogen and oxygen atoms in total. The molecule has 0 N–H and O–H groups in total. The standard InChI is InChI=1S/C9H7BrFN/c1-6-7(4-5-12)9(11)3-2-8(6)10/h2-3H,4H2,1H3. The fourth-order valence-corrected chi connectivity index (χ4v) is 1.36. The first-order valence-electron chi connectivity index (χ1n) is 3.47. The Hall–Kier alpha value is -0.880. The number of rotatable bonds is 1. The average molecular weight is 228 g/mol. The molecule has 1 rings (SSSR count). The molecule has 0 radical (unpaired) electrons. The van der Waals surface area contributed by atoms with Gasteiger partial charge in [-0.1, -0.05) is 15.9 Å². The van der Waals surface area contributed by atoms with Gasteiger partial charge in [0, 0.05) is 10.0 Å². The predicted molar refractivity (Wildman–Crippen MR) is 48.2 cm³/mol. The quantitative estimate of drug-likeness (QED) is 0.724. The van der Waals surface area contributed by atoms with Crippen LogP contribution >= 0.6 is 15.9 Å². The minimum atomic E-state index is -0.308. The first kappa shape index (κ1) is 9.21. The van der Waals surface area contributed by atoms with Crippen LogP contribution in [0.25, 0.3) is 0 Å². The van der Waals surface area contributed by atoms with Crippen LogP contribution in [-0.4, -0.2) is 0 Å². The summed E-state index contributed by atoms with van der Waals surface area (Å²) in [4.78, 5) is 0. The molecule has 0 fully saturated rings. The Bertz CT molecular complexity index is 341. The summed E-state index contributed by atoms with van der Waals surface area (Å²) in [6.07, 6.45) is 0.122. The van der Waals surface area contributed by atoms with E-state index < -0.39 is 0 Å². The lowest BCUT2D eigenvalue weighted by molar-refractivity contribution is 0.613. The van der Waals surface area contributed by atoms with E-state index in [1.807, 2.05) is 6.07 Å². The number of hydrogen-bond acceptors (Lipinski definition) is 1. The fraction of sp³-hybridized carbons (Fsp3) is 0.222. The molecule has 12 heavy (non-hydrogen) atoms. The Labute approximate surface area is 79.0 Å². The fourth-order valence-electron chi connectivity index (χ4n) is 0.991. The van der Waals surface area contributed by atoms with Crippen molar-refractivity contribution in [2.75, 3.05) is 0 Å². The molecule has 62 valence electrons. The van der Waals surface area contributed by atoms with Gasteiger partial charge in [0.25, 0.3) is 0 Å². The molecule has 1 aromatic rings. The summed E-state index contributed by atoms with van der Waals surface area (Å²) in [5.74, 6) is -0.308. The lowest BCUT2D eigenvalue weighted by atomic mass is 10.1. The molecule has 3 heteroatoms. The van der Waals surface area contributed by atoms with Gasteiger partial charge in [-0.25, -0.2) is 4.39 Å². The van der Waals surface area contributed by atoms with Crippen LogP contribution in [0.1, 0.15) is 11.1 Å². The Morgan fingerprint density at radius 1 is 1.58 bits per heavy atom. The number of nitriles is 1. The van der Waals surface area contributed by atoms with Crippen molar-refractivity contribution in [2.45, 2.75) is 13.3 Å². The van der Waals surface area contributed by atoms with E-state index in [4.69, 9.17) is 5.26 Å². The zero-order valence-corrected chi connectivity index (χ0v) is 8.15. The predicted octanol–water partition coefficient (Wildman–Crippen LogP) is 2.96. The summed E-state index contributed by atoms with van der Waals surface area (Å²) in [7, 11) is 0. The monoisotopic (exact) mass is 227 g/mol. The van der Waals surface area contributed by atoms with Crippen molar-refractivity contribution in [2.24, 2.45) is 0 Å². The summed E-state index contributed by atoms with van der Waals surface area (Å²) < 4.78 is 13.9. The summed E-state index contributed by atoms with van der Waals surface area (Å²) in [6, 6.07) is 4.94. The number of halogens is 2. The molecule has 0 unspecified atom stereocenters. The molecule has 0 heterocycles. The maximum Gasteiger partial charge on any atom is 0.127 e. The maximum absolute atomic E-state index is 13.0. The average Bonchev–Trinajstić information content (AvgIpc) is 2.06. The zero-order valence-electron chi connectivity index (χ0n) is 6.56. The molecule has 0 aromatic heterocycles. The van der Waals surface area contributed by atoms with Gasteiger partial charge >= 0.3 is 0 Å². The third kappa shape index (κ3) is 1.64. The van der Waals surface area contributed by atoms with E-state index >= 15 is 0 Å². The van der Waals surface area contributed by atoms with Crippen molar-refractivity contribution in [1.29, 1.82) is 5.26 Å². The van der Waals surface area contributed by atoms with Crippen LogP contribution in [0.2, 0.25) is 0 Å². The van der Waals surface area contributed by atoms with Crippen molar-refractivity contribution >= 4 is 15.9 Å². The summed E-state index contributed by atoms with van der Waals surface area (Å²) >= 11 is 3.27. The highest BCUT2D eigenvalue weighted by atomic mass is 79.9. The molecule has 1 aromatic carbocycles. The molecule has 0 amide bonds. The normalized spacial score (nSPS) is 9.50. The van der Waals surface area contributed by atoms with Gasteiger partial charge in [-0.05, 0) is 24.6 Å². The van der Waals surface area contributed by atoms with E-state index in [9.17, 15) is 4.39 Å². The highest BCUT2D eigenvalue weighted by Gasteiger charge is 2.07. The highest BCUT2D eigenvalue weighted by Crippen LogP contribution is 2.22. The molecular formula is C9H7BrFN. The van der Waals surface area contributed by atoms with Gasteiger partial charge in [-0.15, -0.1) is 0 Å². The van der Waals surface area contributed by atoms with Crippen LogP contribution in [0.3, 0.4) is 0 Å². The molecule has 0 bridgehead atoms. The Morgan fingerprint density at radius 2 is 2.25 bits per heavy atom. The van der Waals surface area contributed by atoms with Crippen LogP contribution in [-0.2, 0) is 6.42 Å². The van der Waals surface area contributed by atoms with Crippen LogP contribution in [0.4, 0.5) is 4.39 Å². The summed E-state index contributed by atoms with van der Waals surface area (Å²) in [5.41, 5.74) is 1.28. The van der Waals surface area contributed by atoms with Crippen molar-refractivity contribution in [1.82, 2.24) is 0 Å². The first-order valence-corrected chi connectivity index (χ1v) is 4.26. The second kappa shape index (κ2) is 3.68.